The van der Waals surface area contributed by atoms with Gasteiger partial charge in [-0.05, 0) is 16.3 Å². The van der Waals surface area contributed by atoms with E-state index < -0.39 is 0 Å². The van der Waals surface area contributed by atoms with E-state index in [9.17, 15) is 0 Å². The van der Waals surface area contributed by atoms with Crippen molar-refractivity contribution in [1.82, 2.24) is 15.4 Å². The first kappa shape index (κ1) is 13.0. The van der Waals surface area contributed by atoms with Crippen molar-refractivity contribution >= 4 is 11.4 Å². The summed E-state index contributed by atoms with van der Waals surface area (Å²) in [5.74, 6) is 0.661. The average Bonchev–Trinajstić information content (AvgIpc) is 2.58. The van der Waals surface area contributed by atoms with Gasteiger partial charge in [0.05, 0.1) is 6.20 Å². The Labute approximate surface area is 123 Å². The van der Waals surface area contributed by atoms with Crippen molar-refractivity contribution in [1.29, 1.82) is 0 Å². The predicted molar refractivity (Wildman–Crippen MR) is 83.4 cm³/mol. The van der Waals surface area contributed by atoms with E-state index in [1.165, 1.54) is 0 Å². The third-order valence-electron chi connectivity index (χ3n) is 3.04. The Bertz CT molecular complexity index is 668. The Morgan fingerprint density at radius 2 is 1.43 bits per heavy atom. The lowest BCUT2D eigenvalue weighted by molar-refractivity contribution is 0.870. The summed E-state index contributed by atoms with van der Waals surface area (Å²) >= 11 is 0. The van der Waals surface area contributed by atoms with Crippen LogP contribution >= 0.6 is 0 Å². The molecule has 0 aliphatic carbocycles. The van der Waals surface area contributed by atoms with Crippen LogP contribution in [0.5, 0.6) is 0 Å². The van der Waals surface area contributed by atoms with E-state index in [-0.39, 0.29) is 0 Å². The van der Waals surface area contributed by atoms with Gasteiger partial charge in [0.2, 0.25) is 0 Å². The minimum atomic E-state index is 0.661. The second-order valence-electron chi connectivity index (χ2n) is 4.44. The number of anilines is 1. The van der Waals surface area contributed by atoms with Crippen molar-refractivity contribution in [3.63, 3.8) is 0 Å². The molecule has 0 amide bonds. The van der Waals surface area contributed by atoms with Crippen molar-refractivity contribution in [3.05, 3.63) is 90.3 Å². The van der Waals surface area contributed by atoms with Crippen LogP contribution < -0.4 is 5.32 Å². The minimum absolute atomic E-state index is 0.661. The maximum Gasteiger partial charge on any atom is 0.155 e. The van der Waals surface area contributed by atoms with Crippen molar-refractivity contribution in [2.45, 2.75) is 0 Å². The molecule has 102 valence electrons. The fraction of sp³-hybridized carbons (Fsp3) is 0. The van der Waals surface area contributed by atoms with Gasteiger partial charge < -0.3 is 5.32 Å². The predicted octanol–water partition coefficient (Wildman–Crippen LogP) is 3.37. The zero-order chi connectivity index (χ0) is 14.3. The third-order valence-corrected chi connectivity index (χ3v) is 3.04. The van der Waals surface area contributed by atoms with Crippen LogP contribution in [0.15, 0.2) is 79.1 Å². The van der Waals surface area contributed by atoms with Gasteiger partial charge in [0.15, 0.2) is 5.82 Å². The van der Waals surface area contributed by atoms with Gasteiger partial charge in [-0.15, -0.1) is 10.2 Å². The van der Waals surface area contributed by atoms with Gasteiger partial charge in [-0.2, -0.15) is 0 Å². The summed E-state index contributed by atoms with van der Waals surface area (Å²) in [5, 5.41) is 14.4. The number of aromatic nitrogens is 3. The molecular weight excluding hydrogens is 260 g/mol. The molecule has 0 atom stereocenters. The Morgan fingerprint density at radius 1 is 0.810 bits per heavy atom. The summed E-state index contributed by atoms with van der Waals surface area (Å²) in [4.78, 5) is 0. The quantitative estimate of drug-likeness (QED) is 0.792. The maximum atomic E-state index is 3.92. The van der Waals surface area contributed by atoms with Gasteiger partial charge in [0.1, 0.15) is 0 Å². The summed E-state index contributed by atoms with van der Waals surface area (Å²) in [6, 6.07) is 22.2. The van der Waals surface area contributed by atoms with Crippen molar-refractivity contribution in [3.8, 4) is 0 Å². The van der Waals surface area contributed by atoms with E-state index in [1.807, 2.05) is 42.6 Å². The molecule has 0 saturated carbocycles. The molecule has 0 aliphatic heterocycles. The van der Waals surface area contributed by atoms with E-state index >= 15 is 0 Å². The van der Waals surface area contributed by atoms with E-state index in [2.05, 4.69) is 45.0 Å². The molecule has 0 aliphatic rings. The van der Waals surface area contributed by atoms with Crippen LogP contribution in [-0.4, -0.2) is 15.4 Å². The number of nitrogens with zero attached hydrogens (tertiary/aromatic N) is 3. The van der Waals surface area contributed by atoms with Crippen molar-refractivity contribution in [2.24, 2.45) is 0 Å². The van der Waals surface area contributed by atoms with Gasteiger partial charge in [-0.25, -0.2) is 0 Å². The van der Waals surface area contributed by atoms with Gasteiger partial charge in [-0.1, -0.05) is 60.7 Å². The van der Waals surface area contributed by atoms with E-state index in [0.717, 1.165) is 16.7 Å². The molecule has 3 aromatic rings. The number of rotatable bonds is 4. The lowest BCUT2D eigenvalue weighted by atomic mass is 9.99. The lowest BCUT2D eigenvalue weighted by Gasteiger charge is -2.09. The molecule has 0 saturated heterocycles. The van der Waals surface area contributed by atoms with Crippen LogP contribution in [0, 0.1) is 0 Å². The van der Waals surface area contributed by atoms with Gasteiger partial charge in [-0.3, -0.25) is 0 Å². The topological polar surface area (TPSA) is 50.7 Å². The SMILES string of the molecule is C(Nc1ccnnn1)=C(c1ccccc1)c1ccccc1. The highest BCUT2D eigenvalue weighted by atomic mass is 15.3. The fourth-order valence-electron chi connectivity index (χ4n) is 2.03. The van der Waals surface area contributed by atoms with E-state index in [4.69, 9.17) is 0 Å². The molecule has 0 bridgehead atoms. The second-order valence-corrected chi connectivity index (χ2v) is 4.44. The molecule has 4 heteroatoms. The van der Waals surface area contributed by atoms with Crippen LogP contribution in [0.1, 0.15) is 11.1 Å². The smallest absolute Gasteiger partial charge is 0.155 e. The highest BCUT2D eigenvalue weighted by molar-refractivity contribution is 5.80. The average molecular weight is 274 g/mol. The number of nitrogens with one attached hydrogen (secondary N) is 1. The molecule has 1 heterocycles. The molecular formula is C17H14N4. The highest BCUT2D eigenvalue weighted by Crippen LogP contribution is 2.23. The normalized spacial score (nSPS) is 9.90. The maximum absolute atomic E-state index is 3.92. The van der Waals surface area contributed by atoms with Crippen LogP contribution in [0.4, 0.5) is 5.82 Å². The van der Waals surface area contributed by atoms with Crippen LogP contribution in [0.2, 0.25) is 0 Å². The van der Waals surface area contributed by atoms with Gasteiger partial charge >= 0.3 is 0 Å². The molecule has 0 spiro atoms. The highest BCUT2D eigenvalue weighted by Gasteiger charge is 2.04. The van der Waals surface area contributed by atoms with Crippen LogP contribution in [0.3, 0.4) is 0 Å². The van der Waals surface area contributed by atoms with E-state index in [0.29, 0.717) is 5.82 Å². The van der Waals surface area contributed by atoms with E-state index in [1.54, 1.807) is 12.3 Å². The zero-order valence-electron chi connectivity index (χ0n) is 11.3. The first-order valence-electron chi connectivity index (χ1n) is 6.65. The minimum Gasteiger partial charge on any atom is -0.344 e. The molecule has 2 aromatic carbocycles. The Morgan fingerprint density at radius 3 is 1.95 bits per heavy atom. The molecule has 4 nitrogen and oxygen atoms in total. The number of benzene rings is 2. The van der Waals surface area contributed by atoms with Crippen molar-refractivity contribution < 1.29 is 0 Å². The lowest BCUT2D eigenvalue weighted by Crippen LogP contribution is -1.97. The summed E-state index contributed by atoms with van der Waals surface area (Å²) in [6.45, 7) is 0. The molecule has 3 rings (SSSR count). The molecule has 1 aromatic heterocycles. The zero-order valence-corrected chi connectivity index (χ0v) is 11.3. The monoisotopic (exact) mass is 274 g/mol. The standard InChI is InChI=1S/C17H14N4/c1-3-7-14(8-4-1)16(15-9-5-2-6-10-15)13-18-17-11-12-19-21-20-17/h1-13H,(H,18,19,20). The van der Waals surface area contributed by atoms with Crippen LogP contribution in [0.25, 0.3) is 5.57 Å². The molecule has 0 radical (unpaired) electrons. The van der Waals surface area contributed by atoms with Gasteiger partial charge in [0.25, 0.3) is 0 Å². The summed E-state index contributed by atoms with van der Waals surface area (Å²) in [7, 11) is 0. The Balaban J connectivity index is 1.97. The number of hydrogen-bond donors (Lipinski definition) is 1. The first-order chi connectivity index (χ1) is 10.4. The molecule has 21 heavy (non-hydrogen) atoms. The van der Waals surface area contributed by atoms with Crippen molar-refractivity contribution in [2.75, 3.05) is 5.32 Å². The largest absolute Gasteiger partial charge is 0.344 e. The Kier molecular flexibility index (Phi) is 3.98. The fourth-order valence-corrected chi connectivity index (χ4v) is 2.03. The second kappa shape index (κ2) is 6.43. The molecule has 0 unspecified atom stereocenters. The summed E-state index contributed by atoms with van der Waals surface area (Å²) in [6.07, 6.45) is 3.54. The van der Waals surface area contributed by atoms with Gasteiger partial charge in [0, 0.05) is 17.8 Å². The Hall–Kier alpha value is -3.01. The van der Waals surface area contributed by atoms with Crippen LogP contribution in [-0.2, 0) is 0 Å². The summed E-state index contributed by atoms with van der Waals surface area (Å²) in [5.41, 5.74) is 3.37. The third kappa shape index (κ3) is 3.30. The first-order valence-corrected chi connectivity index (χ1v) is 6.65. The molecule has 0 fully saturated rings. The number of hydrogen-bond acceptors (Lipinski definition) is 4. The summed E-state index contributed by atoms with van der Waals surface area (Å²) < 4.78 is 0. The molecule has 1 N–H and O–H groups in total.